The molecule has 0 saturated heterocycles. The van der Waals surface area contributed by atoms with Crippen LogP contribution in [0.25, 0.3) is 28.2 Å². The van der Waals surface area contributed by atoms with Crippen LogP contribution in [0.3, 0.4) is 0 Å². The largest absolute Gasteiger partial charge is 0.295 e. The number of para-hydroxylation sites is 1. The number of benzene rings is 3. The van der Waals surface area contributed by atoms with Gasteiger partial charge in [0.05, 0.1) is 17.8 Å². The molecule has 3 nitrogen and oxygen atoms in total. The van der Waals surface area contributed by atoms with Crippen molar-refractivity contribution in [3.8, 4) is 28.2 Å². The Hall–Kier alpha value is -3.11. The molecular weight excluding hydrogens is 352 g/mol. The fourth-order valence-electron chi connectivity index (χ4n) is 3.24. The van der Waals surface area contributed by atoms with Crippen molar-refractivity contribution in [3.63, 3.8) is 0 Å². The average Bonchev–Trinajstić information content (AvgIpc) is 3.08. The topological polar surface area (TPSA) is 34.9 Å². The third-order valence-corrected chi connectivity index (χ3v) is 4.52. The summed E-state index contributed by atoms with van der Waals surface area (Å²) in [5.74, 6) is 0.680. The van der Waals surface area contributed by atoms with Gasteiger partial charge in [-0.1, -0.05) is 78.9 Å². The van der Waals surface area contributed by atoms with E-state index in [9.17, 15) is 4.79 Å². The van der Waals surface area contributed by atoms with Crippen LogP contribution in [0.4, 0.5) is 0 Å². The molecule has 0 atom stereocenters. The summed E-state index contributed by atoms with van der Waals surface area (Å²) in [5.41, 5.74) is 4.85. The molecule has 3 aromatic carbocycles. The summed E-state index contributed by atoms with van der Waals surface area (Å²) in [7, 11) is 0. The quantitative estimate of drug-likeness (QED) is 0.490. The first-order valence-electron chi connectivity index (χ1n) is 8.73. The molecule has 4 rings (SSSR count). The smallest absolute Gasteiger partial charge is 0.193 e. The van der Waals surface area contributed by atoms with Crippen molar-refractivity contribution in [2.45, 2.75) is 6.42 Å². The number of imidazole rings is 1. The van der Waals surface area contributed by atoms with Gasteiger partial charge in [0.1, 0.15) is 5.82 Å². The number of hydrogen-bond donors (Lipinski definition) is 1. The molecular formula is C23H18N2OS. The van der Waals surface area contributed by atoms with E-state index in [2.05, 4.69) is 29.3 Å². The Kier molecular flexibility index (Phi) is 4.90. The van der Waals surface area contributed by atoms with Gasteiger partial charge in [-0.3, -0.25) is 9.36 Å². The van der Waals surface area contributed by atoms with E-state index < -0.39 is 0 Å². The minimum Gasteiger partial charge on any atom is -0.295 e. The molecule has 132 valence electrons. The predicted molar refractivity (Wildman–Crippen MR) is 112 cm³/mol. The van der Waals surface area contributed by atoms with Crippen LogP contribution >= 0.6 is 12.6 Å². The Bertz CT molecular complexity index is 1060. The summed E-state index contributed by atoms with van der Waals surface area (Å²) in [6.45, 7) is 0. The normalized spacial score (nSPS) is 10.7. The summed E-state index contributed by atoms with van der Waals surface area (Å²) in [6.07, 6.45) is 0.157. The molecule has 0 aliphatic heterocycles. The maximum absolute atomic E-state index is 11.8. The van der Waals surface area contributed by atoms with Gasteiger partial charge in [-0.25, -0.2) is 4.98 Å². The van der Waals surface area contributed by atoms with Crippen molar-refractivity contribution in [2.75, 3.05) is 0 Å². The molecule has 4 heteroatoms. The minimum atomic E-state index is -0.212. The Morgan fingerprint density at radius 1 is 0.778 bits per heavy atom. The molecule has 0 radical (unpaired) electrons. The van der Waals surface area contributed by atoms with Crippen molar-refractivity contribution in [1.82, 2.24) is 9.55 Å². The standard InChI is InChI=1S/C23H18N2OS/c26-21(27)16-20-24-22(17-10-4-1-5-11-17)23(18-12-6-2-7-13-18)25(20)19-14-8-3-9-15-19/h1-15H,16H2,(H,26,27). The van der Waals surface area contributed by atoms with E-state index in [4.69, 9.17) is 4.98 Å². The molecule has 0 spiro atoms. The Morgan fingerprint density at radius 3 is 1.85 bits per heavy atom. The van der Waals surface area contributed by atoms with Crippen LogP contribution in [0.2, 0.25) is 0 Å². The number of carbonyl (C=O) groups excluding carboxylic acids is 1. The van der Waals surface area contributed by atoms with Gasteiger partial charge >= 0.3 is 0 Å². The molecule has 27 heavy (non-hydrogen) atoms. The number of hydrogen-bond acceptors (Lipinski definition) is 2. The lowest BCUT2D eigenvalue weighted by Gasteiger charge is -2.13. The number of nitrogens with zero attached hydrogens (tertiary/aromatic N) is 2. The van der Waals surface area contributed by atoms with Crippen molar-refractivity contribution in [3.05, 3.63) is 96.8 Å². The highest BCUT2D eigenvalue weighted by atomic mass is 32.1. The Morgan fingerprint density at radius 2 is 1.30 bits per heavy atom. The van der Waals surface area contributed by atoms with Crippen molar-refractivity contribution < 1.29 is 4.79 Å². The van der Waals surface area contributed by atoms with E-state index in [0.29, 0.717) is 5.82 Å². The third kappa shape index (κ3) is 3.57. The molecule has 0 N–H and O–H groups in total. The lowest BCUT2D eigenvalue weighted by molar-refractivity contribution is -0.110. The van der Waals surface area contributed by atoms with Crippen LogP contribution in [0.1, 0.15) is 5.82 Å². The van der Waals surface area contributed by atoms with Gasteiger partial charge in [-0.05, 0) is 12.1 Å². The van der Waals surface area contributed by atoms with Gasteiger partial charge in [0, 0.05) is 16.8 Å². The zero-order valence-corrected chi connectivity index (χ0v) is 15.5. The molecule has 0 saturated carbocycles. The zero-order chi connectivity index (χ0) is 18.6. The average molecular weight is 370 g/mol. The maximum atomic E-state index is 11.8. The van der Waals surface area contributed by atoms with Crippen LogP contribution in [-0.2, 0) is 11.2 Å². The fourth-order valence-corrected chi connectivity index (χ4v) is 3.38. The van der Waals surface area contributed by atoms with Crippen LogP contribution in [0, 0.1) is 0 Å². The van der Waals surface area contributed by atoms with Crippen LogP contribution in [0.15, 0.2) is 91.0 Å². The molecule has 0 amide bonds. The Labute approximate surface area is 163 Å². The summed E-state index contributed by atoms with van der Waals surface area (Å²) in [5, 5.41) is -0.212. The molecule has 0 fully saturated rings. The maximum Gasteiger partial charge on any atom is 0.193 e. The second-order valence-electron chi connectivity index (χ2n) is 6.20. The van der Waals surface area contributed by atoms with Crippen molar-refractivity contribution >= 4 is 17.7 Å². The van der Waals surface area contributed by atoms with E-state index in [1.807, 2.05) is 78.9 Å². The summed E-state index contributed by atoms with van der Waals surface area (Å²) in [4.78, 5) is 16.7. The zero-order valence-electron chi connectivity index (χ0n) is 14.6. The molecule has 0 bridgehead atoms. The second-order valence-corrected chi connectivity index (χ2v) is 6.70. The Balaban J connectivity index is 2.05. The lowest BCUT2D eigenvalue weighted by Crippen LogP contribution is -2.06. The van der Waals surface area contributed by atoms with E-state index in [1.165, 1.54) is 0 Å². The number of rotatable bonds is 5. The third-order valence-electron chi connectivity index (χ3n) is 4.37. The van der Waals surface area contributed by atoms with Gasteiger partial charge < -0.3 is 0 Å². The SMILES string of the molecule is O=C(S)Cc1nc(-c2ccccc2)c(-c2ccccc2)n1-c1ccccc1. The number of aromatic nitrogens is 2. The number of carbonyl (C=O) groups is 1. The van der Waals surface area contributed by atoms with Crippen LogP contribution < -0.4 is 0 Å². The molecule has 4 aromatic rings. The second kappa shape index (κ2) is 7.64. The summed E-state index contributed by atoms with van der Waals surface area (Å²) in [6, 6.07) is 30.2. The minimum absolute atomic E-state index is 0.157. The summed E-state index contributed by atoms with van der Waals surface area (Å²) < 4.78 is 2.06. The number of thiol groups is 1. The van der Waals surface area contributed by atoms with E-state index >= 15 is 0 Å². The molecule has 0 unspecified atom stereocenters. The van der Waals surface area contributed by atoms with Gasteiger partial charge in [0.2, 0.25) is 0 Å². The van der Waals surface area contributed by atoms with Gasteiger partial charge in [-0.15, -0.1) is 12.6 Å². The van der Waals surface area contributed by atoms with Gasteiger partial charge in [0.25, 0.3) is 0 Å². The summed E-state index contributed by atoms with van der Waals surface area (Å²) >= 11 is 4.00. The van der Waals surface area contributed by atoms with Crippen molar-refractivity contribution in [1.29, 1.82) is 0 Å². The van der Waals surface area contributed by atoms with Crippen LogP contribution in [0.5, 0.6) is 0 Å². The molecule has 1 aromatic heterocycles. The predicted octanol–water partition coefficient (Wildman–Crippen LogP) is 5.21. The molecule has 0 aliphatic rings. The first-order chi connectivity index (χ1) is 13.2. The van der Waals surface area contributed by atoms with Crippen LogP contribution in [-0.4, -0.2) is 14.7 Å². The molecule has 0 aliphatic carbocycles. The first-order valence-corrected chi connectivity index (χ1v) is 9.18. The monoisotopic (exact) mass is 370 g/mol. The molecule has 1 heterocycles. The lowest BCUT2D eigenvalue weighted by atomic mass is 10.0. The van der Waals surface area contributed by atoms with Gasteiger partial charge in [0.15, 0.2) is 5.12 Å². The highest BCUT2D eigenvalue weighted by molar-refractivity contribution is 7.96. The highest BCUT2D eigenvalue weighted by Crippen LogP contribution is 2.35. The highest BCUT2D eigenvalue weighted by Gasteiger charge is 2.21. The first kappa shape index (κ1) is 17.3. The fraction of sp³-hybridized carbons (Fsp3) is 0.0435. The van der Waals surface area contributed by atoms with E-state index in [0.717, 1.165) is 28.2 Å². The van der Waals surface area contributed by atoms with E-state index in [-0.39, 0.29) is 11.5 Å². The van der Waals surface area contributed by atoms with Crippen molar-refractivity contribution in [2.24, 2.45) is 0 Å². The van der Waals surface area contributed by atoms with Gasteiger partial charge in [-0.2, -0.15) is 0 Å². The van der Waals surface area contributed by atoms with E-state index in [1.54, 1.807) is 0 Å².